The molecule has 0 unspecified atom stereocenters. The Balaban J connectivity index is 1.71. The first-order valence-electron chi connectivity index (χ1n) is 9.61. The maximum Gasteiger partial charge on any atom is 0.268 e. The number of nitrogens with zero attached hydrogens (tertiary/aromatic N) is 2. The molecule has 3 aromatic rings. The van der Waals surface area contributed by atoms with Gasteiger partial charge in [-0.3, -0.25) is 4.99 Å². The molecule has 152 valence electrons. The predicted molar refractivity (Wildman–Crippen MR) is 113 cm³/mol. The van der Waals surface area contributed by atoms with Crippen LogP contribution in [0.3, 0.4) is 0 Å². The molecule has 6 nitrogen and oxygen atoms in total. The van der Waals surface area contributed by atoms with Gasteiger partial charge in [-0.1, -0.05) is 36.4 Å². The molecule has 1 aliphatic rings. The average Bonchev–Trinajstić information content (AvgIpc) is 3.27. The zero-order valence-electron chi connectivity index (χ0n) is 16.5. The largest absolute Gasteiger partial charge is 0.348 e. The second kappa shape index (κ2) is 7.74. The van der Waals surface area contributed by atoms with Crippen molar-refractivity contribution in [1.82, 2.24) is 3.97 Å². The molecule has 0 spiro atoms. The number of benzene rings is 2. The van der Waals surface area contributed by atoms with Crippen LogP contribution in [0.25, 0.3) is 10.9 Å². The first-order valence-corrected chi connectivity index (χ1v) is 11.0. The van der Waals surface area contributed by atoms with Crippen molar-refractivity contribution in [3.8, 4) is 0 Å². The molecule has 0 amide bonds. The highest BCUT2D eigenvalue weighted by molar-refractivity contribution is 7.90. The van der Waals surface area contributed by atoms with Gasteiger partial charge >= 0.3 is 0 Å². The van der Waals surface area contributed by atoms with Crippen molar-refractivity contribution >= 4 is 27.1 Å². The van der Waals surface area contributed by atoms with Crippen LogP contribution in [0.2, 0.25) is 0 Å². The van der Waals surface area contributed by atoms with Crippen LogP contribution < -0.4 is 0 Å². The summed E-state index contributed by atoms with van der Waals surface area (Å²) in [7, 11) is -3.71. The van der Waals surface area contributed by atoms with Crippen LogP contribution in [0.1, 0.15) is 24.6 Å². The fourth-order valence-corrected chi connectivity index (χ4v) is 5.25. The van der Waals surface area contributed by atoms with Crippen LogP contribution in [0, 0.1) is 6.92 Å². The molecule has 0 radical (unpaired) electrons. The Labute approximate surface area is 170 Å². The van der Waals surface area contributed by atoms with Crippen molar-refractivity contribution in [2.75, 3.05) is 19.8 Å². The van der Waals surface area contributed by atoms with Crippen molar-refractivity contribution in [3.63, 3.8) is 0 Å². The van der Waals surface area contributed by atoms with Crippen LogP contribution in [-0.4, -0.2) is 44.2 Å². The maximum absolute atomic E-state index is 13.3. The molecule has 2 aromatic carbocycles. The van der Waals surface area contributed by atoms with Crippen molar-refractivity contribution in [2.45, 2.75) is 31.0 Å². The number of hydrogen-bond donors (Lipinski definition) is 0. The van der Waals surface area contributed by atoms with Gasteiger partial charge in [0.15, 0.2) is 5.79 Å². The fourth-order valence-electron chi connectivity index (χ4n) is 3.66. The van der Waals surface area contributed by atoms with Gasteiger partial charge in [-0.25, -0.2) is 12.4 Å². The highest BCUT2D eigenvalue weighted by atomic mass is 32.2. The molecule has 1 saturated heterocycles. The van der Waals surface area contributed by atoms with Gasteiger partial charge in [-0.15, -0.1) is 0 Å². The lowest BCUT2D eigenvalue weighted by Gasteiger charge is -2.20. The van der Waals surface area contributed by atoms with Gasteiger partial charge in [0, 0.05) is 35.8 Å². The number of fused-ring (bicyclic) bond motifs is 1. The lowest BCUT2D eigenvalue weighted by atomic mass is 10.1. The molecule has 1 fully saturated rings. The number of para-hydroxylation sites is 1. The molecular formula is C22H24N2O4S. The molecule has 1 aliphatic heterocycles. The monoisotopic (exact) mass is 412 g/mol. The Morgan fingerprint density at radius 1 is 1.07 bits per heavy atom. The van der Waals surface area contributed by atoms with Crippen LogP contribution in [0.15, 0.2) is 64.5 Å². The molecule has 4 rings (SSSR count). The molecule has 0 aliphatic carbocycles. The third-order valence-corrected chi connectivity index (χ3v) is 7.02. The number of aromatic nitrogens is 1. The summed E-state index contributed by atoms with van der Waals surface area (Å²) in [5.74, 6) is -0.586. The molecule has 7 heteroatoms. The smallest absolute Gasteiger partial charge is 0.268 e. The van der Waals surface area contributed by atoms with E-state index in [2.05, 4.69) is 4.99 Å². The van der Waals surface area contributed by atoms with E-state index in [1.165, 1.54) is 3.97 Å². The van der Waals surface area contributed by atoms with E-state index in [0.717, 1.165) is 10.9 Å². The lowest BCUT2D eigenvalue weighted by Crippen LogP contribution is -2.26. The molecule has 0 saturated carbocycles. The van der Waals surface area contributed by atoms with Crippen molar-refractivity contribution in [1.29, 1.82) is 0 Å². The van der Waals surface area contributed by atoms with E-state index in [4.69, 9.17) is 9.47 Å². The molecule has 29 heavy (non-hydrogen) atoms. The molecule has 0 bridgehead atoms. The van der Waals surface area contributed by atoms with E-state index in [1.54, 1.807) is 36.5 Å². The topological polar surface area (TPSA) is 69.9 Å². The zero-order chi connectivity index (χ0) is 20.5. The van der Waals surface area contributed by atoms with Gasteiger partial charge in [0.25, 0.3) is 10.0 Å². The molecule has 2 heterocycles. The highest BCUT2D eigenvalue weighted by Gasteiger charge is 2.30. The highest BCUT2D eigenvalue weighted by Crippen LogP contribution is 2.29. The summed E-state index contributed by atoms with van der Waals surface area (Å²) >= 11 is 0. The van der Waals surface area contributed by atoms with E-state index in [0.29, 0.717) is 37.4 Å². The molecule has 0 N–H and O–H groups in total. The van der Waals surface area contributed by atoms with E-state index >= 15 is 0 Å². The van der Waals surface area contributed by atoms with Gasteiger partial charge in [-0.2, -0.15) is 0 Å². The van der Waals surface area contributed by atoms with E-state index in [9.17, 15) is 8.42 Å². The van der Waals surface area contributed by atoms with E-state index in [-0.39, 0.29) is 4.90 Å². The first kappa shape index (κ1) is 19.8. The summed E-state index contributed by atoms with van der Waals surface area (Å²) in [6.45, 7) is 5.46. The Hall–Kier alpha value is -2.48. The third kappa shape index (κ3) is 3.73. The number of rotatable bonds is 6. The lowest BCUT2D eigenvalue weighted by molar-refractivity contribution is -0.144. The Morgan fingerprint density at radius 2 is 1.72 bits per heavy atom. The van der Waals surface area contributed by atoms with Gasteiger partial charge in [-0.05, 0) is 32.0 Å². The van der Waals surface area contributed by atoms with E-state index < -0.39 is 15.8 Å². The Kier molecular flexibility index (Phi) is 5.29. The summed E-state index contributed by atoms with van der Waals surface area (Å²) in [5, 5.41) is 0.854. The van der Waals surface area contributed by atoms with Gasteiger partial charge in [0.2, 0.25) is 0 Å². The quantitative estimate of drug-likeness (QED) is 0.578. The average molecular weight is 413 g/mol. The van der Waals surface area contributed by atoms with Crippen LogP contribution in [0.5, 0.6) is 0 Å². The molecular weight excluding hydrogens is 388 g/mol. The standard InChI is InChI=1S/C22H24N2O4S/c1-17-20(16-23-13-12-22(2)27-14-15-28-22)19-10-6-7-11-21(19)24(17)29(25,26)18-8-4-3-5-9-18/h3-11,16H,12-15H2,1-2H3. The van der Waals surface area contributed by atoms with Gasteiger partial charge < -0.3 is 9.47 Å². The number of hydrogen-bond acceptors (Lipinski definition) is 5. The normalized spacial score (nSPS) is 16.8. The first-order chi connectivity index (χ1) is 13.9. The third-order valence-electron chi connectivity index (χ3n) is 5.20. The zero-order valence-corrected chi connectivity index (χ0v) is 17.4. The summed E-state index contributed by atoms with van der Waals surface area (Å²) < 4.78 is 39.2. The van der Waals surface area contributed by atoms with Crippen molar-refractivity contribution < 1.29 is 17.9 Å². The van der Waals surface area contributed by atoms with Crippen LogP contribution in [-0.2, 0) is 19.5 Å². The Morgan fingerprint density at radius 3 is 2.45 bits per heavy atom. The number of aliphatic imine (C=N–C) groups is 1. The summed E-state index contributed by atoms with van der Waals surface area (Å²) in [4.78, 5) is 4.80. The van der Waals surface area contributed by atoms with Crippen molar-refractivity contribution in [2.24, 2.45) is 4.99 Å². The van der Waals surface area contributed by atoms with Gasteiger partial charge in [0.05, 0.1) is 23.6 Å². The minimum absolute atomic E-state index is 0.260. The minimum atomic E-state index is -3.71. The Bertz CT molecular complexity index is 1140. The molecule has 0 atom stereocenters. The van der Waals surface area contributed by atoms with Crippen LogP contribution in [0.4, 0.5) is 0 Å². The second-order valence-electron chi connectivity index (χ2n) is 7.21. The summed E-state index contributed by atoms with van der Waals surface area (Å²) in [5.41, 5.74) is 2.08. The van der Waals surface area contributed by atoms with E-state index in [1.807, 2.05) is 38.1 Å². The predicted octanol–water partition coefficient (Wildman–Crippen LogP) is 3.76. The maximum atomic E-state index is 13.3. The van der Waals surface area contributed by atoms with Gasteiger partial charge in [0.1, 0.15) is 0 Å². The summed E-state index contributed by atoms with van der Waals surface area (Å²) in [6, 6.07) is 16.0. The fraction of sp³-hybridized carbons (Fsp3) is 0.318. The van der Waals surface area contributed by atoms with Crippen LogP contribution >= 0.6 is 0 Å². The second-order valence-corrected chi connectivity index (χ2v) is 9.00. The summed E-state index contributed by atoms with van der Waals surface area (Å²) in [6.07, 6.45) is 2.40. The number of ether oxygens (including phenoxy) is 2. The SMILES string of the molecule is Cc1c(C=NCCC2(C)OCCO2)c2ccccc2n1S(=O)(=O)c1ccccc1. The minimum Gasteiger partial charge on any atom is -0.348 e. The molecule has 1 aromatic heterocycles. The van der Waals surface area contributed by atoms with Crippen molar-refractivity contribution in [3.05, 3.63) is 65.9 Å².